The molecule has 1 unspecified atom stereocenters. The maximum absolute atomic E-state index is 12.8. The van der Waals surface area contributed by atoms with Crippen molar-refractivity contribution >= 4 is 7.60 Å². The fraction of sp³-hybridized carbons (Fsp3) is 0.571. The van der Waals surface area contributed by atoms with E-state index in [2.05, 4.69) is 0 Å². The van der Waals surface area contributed by atoms with E-state index in [1.54, 1.807) is 13.8 Å². The summed E-state index contributed by atoms with van der Waals surface area (Å²) in [5.41, 5.74) is 0.879. The molecule has 0 aliphatic carbocycles. The molecule has 7 nitrogen and oxygen atoms in total. The van der Waals surface area contributed by atoms with Crippen molar-refractivity contribution in [2.75, 3.05) is 19.8 Å². The zero-order valence-electron chi connectivity index (χ0n) is 12.8. The number of rotatable bonds is 10. The van der Waals surface area contributed by atoms with Crippen molar-refractivity contribution in [2.45, 2.75) is 32.0 Å². The van der Waals surface area contributed by atoms with Gasteiger partial charge in [-0.3, -0.25) is 14.7 Å². The molecule has 1 rings (SSSR count). The first kappa shape index (κ1) is 18.8. The minimum absolute atomic E-state index is 0.0304. The Morgan fingerprint density at radius 1 is 1.23 bits per heavy atom. The van der Waals surface area contributed by atoms with E-state index >= 15 is 0 Å². The highest BCUT2D eigenvalue weighted by Crippen LogP contribution is 2.60. The summed E-state index contributed by atoms with van der Waals surface area (Å²) < 4.78 is 23.0. The Labute approximate surface area is 129 Å². The summed E-state index contributed by atoms with van der Waals surface area (Å²) in [6.07, 6.45) is 0.241. The first-order valence-corrected chi connectivity index (χ1v) is 8.68. The summed E-state index contributed by atoms with van der Waals surface area (Å²) in [6, 6.07) is 9.16. The maximum Gasteiger partial charge on any atom is 0.368 e. The van der Waals surface area contributed by atoms with E-state index in [4.69, 9.17) is 9.05 Å². The minimum Gasteiger partial charge on any atom is -0.372 e. The number of aryl methyl sites for hydroxylation is 1. The van der Waals surface area contributed by atoms with E-state index in [9.17, 15) is 19.8 Å². The molecule has 1 N–H and O–H groups in total. The van der Waals surface area contributed by atoms with Gasteiger partial charge in [-0.15, -0.1) is 0 Å². The Hall–Kier alpha value is -1.27. The van der Waals surface area contributed by atoms with Crippen LogP contribution in [0.1, 0.15) is 25.8 Å². The molecule has 1 atom stereocenters. The summed E-state index contributed by atoms with van der Waals surface area (Å²) in [6.45, 7) is 2.35. The van der Waals surface area contributed by atoms with Crippen molar-refractivity contribution < 1.29 is 23.6 Å². The maximum atomic E-state index is 12.8. The molecule has 0 fully saturated rings. The van der Waals surface area contributed by atoms with Crippen molar-refractivity contribution in [1.82, 2.24) is 0 Å². The number of aliphatic hydroxyl groups is 1. The lowest BCUT2D eigenvalue weighted by Gasteiger charge is -2.31. The molecule has 0 bridgehead atoms. The van der Waals surface area contributed by atoms with Crippen molar-refractivity contribution in [3.63, 3.8) is 0 Å². The zero-order valence-corrected chi connectivity index (χ0v) is 13.7. The van der Waals surface area contributed by atoms with Gasteiger partial charge >= 0.3 is 7.60 Å². The quantitative estimate of drug-likeness (QED) is 0.402. The van der Waals surface area contributed by atoms with Gasteiger partial charge in [0.25, 0.3) is 0 Å². The SMILES string of the molecule is CCOP(=O)(OCC)C(O)(CCc1ccccc1)C[N+](=O)[O-]. The Kier molecular flexibility index (Phi) is 7.16. The highest BCUT2D eigenvalue weighted by molar-refractivity contribution is 7.55. The van der Waals surface area contributed by atoms with Crippen LogP contribution in [0.2, 0.25) is 0 Å². The second kappa shape index (κ2) is 8.39. The normalized spacial score (nSPS) is 14.5. The molecule has 0 saturated heterocycles. The average Bonchev–Trinajstić information content (AvgIpc) is 2.46. The molecule has 1 aromatic carbocycles. The van der Waals surface area contributed by atoms with Gasteiger partial charge in [0.15, 0.2) is 0 Å². The topological polar surface area (TPSA) is 98.9 Å². The Morgan fingerprint density at radius 3 is 2.23 bits per heavy atom. The molecule has 0 spiro atoms. The van der Waals surface area contributed by atoms with Gasteiger partial charge in [0.05, 0.1) is 13.2 Å². The lowest BCUT2D eigenvalue weighted by Crippen LogP contribution is -2.39. The lowest BCUT2D eigenvalue weighted by atomic mass is 10.1. The zero-order chi connectivity index (χ0) is 16.6. The van der Waals surface area contributed by atoms with E-state index in [-0.39, 0.29) is 19.6 Å². The van der Waals surface area contributed by atoms with E-state index in [1.807, 2.05) is 30.3 Å². The predicted molar refractivity (Wildman–Crippen MR) is 82.4 cm³/mol. The molecule has 22 heavy (non-hydrogen) atoms. The molecule has 0 radical (unpaired) electrons. The molecule has 8 heteroatoms. The fourth-order valence-corrected chi connectivity index (χ4v) is 4.03. The Morgan fingerprint density at radius 2 is 1.77 bits per heavy atom. The van der Waals surface area contributed by atoms with Crippen LogP contribution in [0.5, 0.6) is 0 Å². The van der Waals surface area contributed by atoms with Gasteiger partial charge in [-0.2, -0.15) is 0 Å². The molecule has 124 valence electrons. The smallest absolute Gasteiger partial charge is 0.368 e. The van der Waals surface area contributed by atoms with Gasteiger partial charge in [0.1, 0.15) is 0 Å². The number of nitro groups is 1. The summed E-state index contributed by atoms with van der Waals surface area (Å²) in [5, 5.41) is 19.4. The van der Waals surface area contributed by atoms with Crippen LogP contribution in [0.3, 0.4) is 0 Å². The van der Waals surface area contributed by atoms with Gasteiger partial charge in [-0.1, -0.05) is 30.3 Å². The van der Waals surface area contributed by atoms with E-state index in [0.717, 1.165) is 5.56 Å². The molecule has 0 heterocycles. The van der Waals surface area contributed by atoms with Crippen LogP contribution in [0, 0.1) is 10.1 Å². The van der Waals surface area contributed by atoms with Crippen LogP contribution in [0.15, 0.2) is 30.3 Å². The summed E-state index contributed by atoms with van der Waals surface area (Å²) in [7, 11) is -4.02. The van der Waals surface area contributed by atoms with E-state index < -0.39 is 24.4 Å². The molecule has 0 aliphatic rings. The molecule has 0 aromatic heterocycles. The van der Waals surface area contributed by atoms with Gasteiger partial charge in [0, 0.05) is 4.92 Å². The van der Waals surface area contributed by atoms with Crippen molar-refractivity contribution in [3.05, 3.63) is 46.0 Å². The number of hydrogen-bond donors (Lipinski definition) is 1. The highest BCUT2D eigenvalue weighted by atomic mass is 31.2. The summed E-state index contributed by atoms with van der Waals surface area (Å²) >= 11 is 0. The van der Waals surface area contributed by atoms with Crippen LogP contribution in [-0.2, 0) is 20.0 Å². The van der Waals surface area contributed by atoms with Gasteiger partial charge in [-0.25, -0.2) is 0 Å². The van der Waals surface area contributed by atoms with Crippen LogP contribution in [0.25, 0.3) is 0 Å². The number of nitrogens with zero attached hydrogens (tertiary/aromatic N) is 1. The fourth-order valence-electron chi connectivity index (χ4n) is 2.12. The first-order valence-electron chi connectivity index (χ1n) is 7.14. The van der Waals surface area contributed by atoms with E-state index in [0.29, 0.717) is 6.42 Å². The van der Waals surface area contributed by atoms with Crippen LogP contribution < -0.4 is 0 Å². The van der Waals surface area contributed by atoms with Crippen LogP contribution in [-0.4, -0.2) is 35.1 Å². The molecule has 0 saturated carbocycles. The molecule has 1 aromatic rings. The average molecular weight is 331 g/mol. The molecular weight excluding hydrogens is 309 g/mol. The van der Waals surface area contributed by atoms with Gasteiger partial charge in [-0.05, 0) is 32.3 Å². The van der Waals surface area contributed by atoms with Crippen molar-refractivity contribution in [3.8, 4) is 0 Å². The van der Waals surface area contributed by atoms with E-state index in [1.165, 1.54) is 0 Å². The Bertz CT molecular complexity index is 513. The van der Waals surface area contributed by atoms with Crippen molar-refractivity contribution in [2.24, 2.45) is 0 Å². The summed E-state index contributed by atoms with van der Waals surface area (Å²) in [5.74, 6) is 0. The summed E-state index contributed by atoms with van der Waals surface area (Å²) in [4.78, 5) is 10.2. The Balaban J connectivity index is 3.01. The van der Waals surface area contributed by atoms with Gasteiger partial charge in [0.2, 0.25) is 11.9 Å². The highest BCUT2D eigenvalue weighted by Gasteiger charge is 2.53. The third-order valence-electron chi connectivity index (χ3n) is 3.15. The van der Waals surface area contributed by atoms with Crippen LogP contribution >= 0.6 is 7.60 Å². The standard InChI is InChI=1S/C14H22NO6P/c1-3-20-22(19,21-4-2)14(16,12-15(17)18)11-10-13-8-6-5-7-9-13/h5-9,16H,3-4,10-12H2,1-2H3. The monoisotopic (exact) mass is 331 g/mol. The van der Waals surface area contributed by atoms with Crippen molar-refractivity contribution in [1.29, 1.82) is 0 Å². The molecule has 0 amide bonds. The predicted octanol–water partition coefficient (Wildman–Crippen LogP) is 2.85. The third-order valence-corrected chi connectivity index (χ3v) is 5.73. The second-order valence-corrected chi connectivity index (χ2v) is 7.14. The first-order chi connectivity index (χ1) is 10.4. The lowest BCUT2D eigenvalue weighted by molar-refractivity contribution is -0.495. The molecule has 0 aliphatic heterocycles. The minimum atomic E-state index is -4.02. The van der Waals surface area contributed by atoms with Crippen LogP contribution in [0.4, 0.5) is 0 Å². The largest absolute Gasteiger partial charge is 0.372 e. The number of benzene rings is 1. The third kappa shape index (κ3) is 4.88. The van der Waals surface area contributed by atoms with Gasteiger partial charge < -0.3 is 14.2 Å². The second-order valence-electron chi connectivity index (χ2n) is 4.79. The number of hydrogen-bond acceptors (Lipinski definition) is 6. The molecular formula is C14H22NO6P.